The molecule has 7 heteroatoms. The first-order valence-electron chi connectivity index (χ1n) is 6.88. The molecule has 0 radical (unpaired) electrons. The van der Waals surface area contributed by atoms with Gasteiger partial charge in [0.05, 0.1) is 5.69 Å². The topological polar surface area (TPSA) is 84.2 Å². The van der Waals surface area contributed by atoms with Crippen LogP contribution in [0.4, 0.5) is 5.82 Å². The minimum absolute atomic E-state index is 0.194. The molecule has 0 unspecified atom stereocenters. The van der Waals surface area contributed by atoms with Gasteiger partial charge in [0, 0.05) is 31.6 Å². The van der Waals surface area contributed by atoms with Crippen molar-refractivity contribution in [2.75, 3.05) is 24.5 Å². The summed E-state index contributed by atoms with van der Waals surface area (Å²) in [6, 6.07) is 5.55. The Kier molecular flexibility index (Phi) is 3.55. The first-order chi connectivity index (χ1) is 10.1. The number of carbonyl (C=O) groups excluding carboxylic acids is 1. The van der Waals surface area contributed by atoms with E-state index in [9.17, 15) is 4.79 Å². The molecule has 1 saturated heterocycles. The van der Waals surface area contributed by atoms with E-state index in [0.717, 1.165) is 24.6 Å². The van der Waals surface area contributed by atoms with Crippen molar-refractivity contribution in [1.29, 1.82) is 0 Å². The number of aryl methyl sites for hydroxylation is 2. The van der Waals surface area contributed by atoms with E-state index in [4.69, 9.17) is 4.52 Å². The lowest BCUT2D eigenvalue weighted by molar-refractivity contribution is 0.0935. The molecule has 1 aliphatic rings. The van der Waals surface area contributed by atoms with Gasteiger partial charge in [-0.05, 0) is 26.0 Å². The second-order valence-electron chi connectivity index (χ2n) is 5.34. The van der Waals surface area contributed by atoms with Crippen molar-refractivity contribution in [2.45, 2.75) is 13.8 Å². The summed E-state index contributed by atoms with van der Waals surface area (Å²) in [7, 11) is 0. The number of nitrogens with one attached hydrogen (secondary N) is 1. The van der Waals surface area contributed by atoms with Crippen molar-refractivity contribution in [3.63, 3.8) is 0 Å². The molecule has 1 aliphatic heterocycles. The van der Waals surface area contributed by atoms with E-state index >= 15 is 0 Å². The van der Waals surface area contributed by atoms with E-state index in [1.807, 2.05) is 19.1 Å². The molecule has 2 aromatic rings. The number of aromatic nitrogens is 3. The first-order valence-corrected chi connectivity index (χ1v) is 6.88. The van der Waals surface area contributed by atoms with E-state index in [-0.39, 0.29) is 5.91 Å². The van der Waals surface area contributed by atoms with Crippen LogP contribution in [0.15, 0.2) is 22.7 Å². The maximum Gasteiger partial charge on any atom is 0.273 e. The van der Waals surface area contributed by atoms with Gasteiger partial charge < -0.3 is 14.7 Å². The monoisotopic (exact) mass is 287 g/mol. The molecule has 1 amide bonds. The highest BCUT2D eigenvalue weighted by atomic mass is 16.5. The number of rotatable bonds is 4. The normalized spacial score (nSPS) is 14.9. The number of nitrogens with zero attached hydrogens (tertiary/aromatic N) is 4. The zero-order valence-electron chi connectivity index (χ0n) is 12.0. The quantitative estimate of drug-likeness (QED) is 0.901. The largest absolute Gasteiger partial charge is 0.361 e. The van der Waals surface area contributed by atoms with Gasteiger partial charge in [-0.1, -0.05) is 5.16 Å². The van der Waals surface area contributed by atoms with E-state index < -0.39 is 0 Å². The van der Waals surface area contributed by atoms with Crippen molar-refractivity contribution in [3.8, 4) is 0 Å². The Morgan fingerprint density at radius 1 is 1.38 bits per heavy atom. The highest BCUT2D eigenvalue weighted by molar-refractivity contribution is 5.92. The van der Waals surface area contributed by atoms with Crippen LogP contribution in [-0.4, -0.2) is 40.9 Å². The molecule has 3 heterocycles. The summed E-state index contributed by atoms with van der Waals surface area (Å²) < 4.78 is 4.88. The van der Waals surface area contributed by atoms with Gasteiger partial charge in [-0.15, -0.1) is 5.10 Å². The molecule has 7 nitrogen and oxygen atoms in total. The SMILES string of the molecule is Cc1ccc(N2CC(CNC(=O)c3cc(C)on3)C2)nn1. The summed E-state index contributed by atoms with van der Waals surface area (Å²) in [5.74, 6) is 1.74. The Morgan fingerprint density at radius 2 is 2.19 bits per heavy atom. The van der Waals surface area contributed by atoms with E-state index in [2.05, 4.69) is 25.6 Å². The summed E-state index contributed by atoms with van der Waals surface area (Å²) in [5, 5.41) is 14.8. The number of anilines is 1. The van der Waals surface area contributed by atoms with Gasteiger partial charge in [0.1, 0.15) is 5.76 Å². The summed E-state index contributed by atoms with van der Waals surface area (Å²) in [5.41, 5.74) is 1.24. The zero-order valence-corrected chi connectivity index (χ0v) is 12.0. The molecule has 0 aliphatic carbocycles. The Labute approximate surface area is 122 Å². The number of carbonyl (C=O) groups is 1. The van der Waals surface area contributed by atoms with Crippen LogP contribution in [0.5, 0.6) is 0 Å². The summed E-state index contributed by atoms with van der Waals surface area (Å²) in [6.07, 6.45) is 0. The Hall–Kier alpha value is -2.44. The molecule has 1 fully saturated rings. The van der Waals surface area contributed by atoms with Crippen molar-refractivity contribution in [3.05, 3.63) is 35.3 Å². The highest BCUT2D eigenvalue weighted by Gasteiger charge is 2.28. The first kappa shape index (κ1) is 13.5. The van der Waals surface area contributed by atoms with Crippen LogP contribution in [0.1, 0.15) is 21.9 Å². The molecule has 0 bridgehead atoms. The molecule has 0 atom stereocenters. The number of amides is 1. The third kappa shape index (κ3) is 3.01. The second-order valence-corrected chi connectivity index (χ2v) is 5.34. The van der Waals surface area contributed by atoms with Crippen LogP contribution in [0, 0.1) is 19.8 Å². The van der Waals surface area contributed by atoms with Crippen LogP contribution in [0.2, 0.25) is 0 Å². The molecule has 0 spiro atoms. The fraction of sp³-hybridized carbons (Fsp3) is 0.429. The molecule has 1 N–H and O–H groups in total. The highest BCUT2D eigenvalue weighted by Crippen LogP contribution is 2.21. The molecule has 0 saturated carbocycles. The molecule has 3 rings (SSSR count). The predicted molar refractivity (Wildman–Crippen MR) is 76.0 cm³/mol. The molecular formula is C14H17N5O2. The lowest BCUT2D eigenvalue weighted by Crippen LogP contribution is -2.52. The lowest BCUT2D eigenvalue weighted by Gasteiger charge is -2.39. The molecule has 110 valence electrons. The fourth-order valence-electron chi connectivity index (χ4n) is 2.25. The Morgan fingerprint density at radius 3 is 2.81 bits per heavy atom. The average molecular weight is 287 g/mol. The van der Waals surface area contributed by atoms with E-state index in [1.54, 1.807) is 13.0 Å². The van der Waals surface area contributed by atoms with Gasteiger partial charge in [-0.25, -0.2) is 0 Å². The molecule has 21 heavy (non-hydrogen) atoms. The van der Waals surface area contributed by atoms with Crippen molar-refractivity contribution < 1.29 is 9.32 Å². The van der Waals surface area contributed by atoms with Crippen LogP contribution < -0.4 is 10.2 Å². The van der Waals surface area contributed by atoms with Gasteiger partial charge in [-0.2, -0.15) is 5.10 Å². The lowest BCUT2D eigenvalue weighted by atomic mass is 10.0. The maximum atomic E-state index is 11.8. The van der Waals surface area contributed by atoms with Crippen LogP contribution >= 0.6 is 0 Å². The van der Waals surface area contributed by atoms with Gasteiger partial charge in [-0.3, -0.25) is 4.79 Å². The minimum Gasteiger partial charge on any atom is -0.361 e. The minimum atomic E-state index is -0.194. The third-order valence-electron chi connectivity index (χ3n) is 3.48. The predicted octanol–water partition coefficient (Wildman–Crippen LogP) is 0.948. The molecule has 2 aromatic heterocycles. The second kappa shape index (κ2) is 5.51. The summed E-state index contributed by atoms with van der Waals surface area (Å²) in [4.78, 5) is 14.0. The maximum absolute atomic E-state index is 11.8. The number of hydrogen-bond donors (Lipinski definition) is 1. The van der Waals surface area contributed by atoms with Gasteiger partial charge in [0.2, 0.25) is 0 Å². The van der Waals surface area contributed by atoms with Gasteiger partial charge in [0.15, 0.2) is 11.5 Å². The number of hydrogen-bond acceptors (Lipinski definition) is 6. The Bertz CT molecular complexity index is 631. The van der Waals surface area contributed by atoms with Crippen molar-refractivity contribution >= 4 is 11.7 Å². The fourth-order valence-corrected chi connectivity index (χ4v) is 2.25. The van der Waals surface area contributed by atoms with Crippen LogP contribution in [0.25, 0.3) is 0 Å². The summed E-state index contributed by atoms with van der Waals surface area (Å²) >= 11 is 0. The third-order valence-corrected chi connectivity index (χ3v) is 3.48. The van der Waals surface area contributed by atoms with Gasteiger partial charge >= 0.3 is 0 Å². The summed E-state index contributed by atoms with van der Waals surface area (Å²) in [6.45, 7) is 6.04. The van der Waals surface area contributed by atoms with Crippen LogP contribution in [-0.2, 0) is 0 Å². The average Bonchev–Trinajstić information content (AvgIpc) is 2.85. The van der Waals surface area contributed by atoms with E-state index in [0.29, 0.717) is 23.9 Å². The smallest absolute Gasteiger partial charge is 0.273 e. The van der Waals surface area contributed by atoms with E-state index in [1.165, 1.54) is 0 Å². The van der Waals surface area contributed by atoms with Crippen molar-refractivity contribution in [1.82, 2.24) is 20.7 Å². The standard InChI is InChI=1S/C14H17N5O2/c1-9-3-4-13(17-16-9)19-7-11(8-19)6-15-14(20)12-5-10(2)21-18-12/h3-5,11H,6-8H2,1-2H3,(H,15,20). The van der Waals surface area contributed by atoms with Crippen molar-refractivity contribution in [2.24, 2.45) is 5.92 Å². The van der Waals surface area contributed by atoms with Crippen LogP contribution in [0.3, 0.4) is 0 Å². The molecule has 0 aromatic carbocycles. The Balaban J connectivity index is 1.45. The van der Waals surface area contributed by atoms with Gasteiger partial charge in [0.25, 0.3) is 5.91 Å². The zero-order chi connectivity index (χ0) is 14.8. The molecular weight excluding hydrogens is 270 g/mol.